The van der Waals surface area contributed by atoms with E-state index < -0.39 is 0 Å². The van der Waals surface area contributed by atoms with Gasteiger partial charge in [-0.05, 0) is 52.0 Å². The largest absolute Gasteiger partial charge is 0.480 e. The van der Waals surface area contributed by atoms with Crippen molar-refractivity contribution in [3.63, 3.8) is 0 Å². The topological polar surface area (TPSA) is 43.5 Å². The summed E-state index contributed by atoms with van der Waals surface area (Å²) in [6, 6.07) is 0. The Labute approximate surface area is 140 Å². The SMILES string of the molecule is COC1C(OC(C)C)CC[C@]2(CO2)C1[C@@]1(C)O/C1=C/CC(C)C. The molecule has 132 valence electrons. The molecule has 0 N–H and O–H groups in total. The van der Waals surface area contributed by atoms with Crippen molar-refractivity contribution in [2.45, 2.75) is 83.4 Å². The molecular weight excluding hydrogens is 292 g/mol. The van der Waals surface area contributed by atoms with E-state index in [0.29, 0.717) is 5.92 Å². The highest BCUT2D eigenvalue weighted by molar-refractivity contribution is 5.31. The minimum absolute atomic E-state index is 0.0172. The second-order valence-corrected chi connectivity index (χ2v) is 8.20. The number of rotatable bonds is 6. The summed E-state index contributed by atoms with van der Waals surface area (Å²) in [5, 5.41) is 0. The van der Waals surface area contributed by atoms with Crippen LogP contribution in [0.15, 0.2) is 11.8 Å². The Hall–Kier alpha value is -0.580. The van der Waals surface area contributed by atoms with Gasteiger partial charge in [-0.1, -0.05) is 13.8 Å². The van der Waals surface area contributed by atoms with Crippen LogP contribution < -0.4 is 0 Å². The van der Waals surface area contributed by atoms with E-state index in [2.05, 4.69) is 40.7 Å². The van der Waals surface area contributed by atoms with E-state index in [0.717, 1.165) is 31.6 Å². The van der Waals surface area contributed by atoms with Crippen LogP contribution in [0.3, 0.4) is 0 Å². The van der Waals surface area contributed by atoms with E-state index in [1.165, 1.54) is 0 Å². The van der Waals surface area contributed by atoms with E-state index in [-0.39, 0.29) is 35.4 Å². The van der Waals surface area contributed by atoms with Crippen molar-refractivity contribution in [3.05, 3.63) is 11.8 Å². The molecule has 4 heteroatoms. The minimum atomic E-state index is -0.259. The van der Waals surface area contributed by atoms with E-state index in [1.807, 2.05) is 0 Å². The lowest BCUT2D eigenvalue weighted by molar-refractivity contribution is -0.151. The lowest BCUT2D eigenvalue weighted by Crippen LogP contribution is -2.55. The Morgan fingerprint density at radius 1 is 1.30 bits per heavy atom. The second kappa shape index (κ2) is 6.05. The third kappa shape index (κ3) is 3.18. The second-order valence-electron chi connectivity index (χ2n) is 8.20. The van der Waals surface area contributed by atoms with Crippen LogP contribution in [0, 0.1) is 11.8 Å². The number of hydrogen-bond acceptors (Lipinski definition) is 4. The standard InChI is InChI=1S/C19H32O4/c1-12(2)7-8-15-18(5,23-15)17-16(20-6)14(22-13(3)4)9-10-19(17)11-21-19/h8,12-14,16-17H,7,9-11H2,1-6H3/b15-8+/t14?,16?,17?,18-,19-/m0/s1. The number of ether oxygens (including phenoxy) is 4. The molecule has 1 spiro atoms. The average molecular weight is 324 g/mol. The van der Waals surface area contributed by atoms with Crippen LogP contribution in [0.4, 0.5) is 0 Å². The van der Waals surface area contributed by atoms with Gasteiger partial charge < -0.3 is 18.9 Å². The smallest absolute Gasteiger partial charge is 0.170 e. The molecule has 3 aliphatic rings. The maximum Gasteiger partial charge on any atom is 0.170 e. The van der Waals surface area contributed by atoms with Gasteiger partial charge in [0.2, 0.25) is 0 Å². The van der Waals surface area contributed by atoms with E-state index in [9.17, 15) is 0 Å². The van der Waals surface area contributed by atoms with Gasteiger partial charge in [-0.25, -0.2) is 0 Å². The van der Waals surface area contributed by atoms with Crippen molar-refractivity contribution >= 4 is 0 Å². The molecule has 0 aromatic heterocycles. The van der Waals surface area contributed by atoms with Crippen LogP contribution in [0.5, 0.6) is 0 Å². The van der Waals surface area contributed by atoms with Crippen molar-refractivity contribution in [2.75, 3.05) is 13.7 Å². The highest BCUT2D eigenvalue weighted by Crippen LogP contribution is 2.60. The van der Waals surface area contributed by atoms with Gasteiger partial charge in [-0.3, -0.25) is 0 Å². The molecule has 3 rings (SSSR count). The van der Waals surface area contributed by atoms with Crippen molar-refractivity contribution in [1.29, 1.82) is 0 Å². The summed E-state index contributed by atoms with van der Waals surface area (Å²) in [7, 11) is 1.79. The molecule has 0 aromatic rings. The Kier molecular flexibility index (Phi) is 4.54. The number of epoxide rings is 2. The Morgan fingerprint density at radius 3 is 2.52 bits per heavy atom. The Morgan fingerprint density at radius 2 is 2.00 bits per heavy atom. The van der Waals surface area contributed by atoms with Gasteiger partial charge in [0.05, 0.1) is 30.8 Å². The molecule has 0 radical (unpaired) electrons. The van der Waals surface area contributed by atoms with Crippen molar-refractivity contribution < 1.29 is 18.9 Å². The zero-order valence-electron chi connectivity index (χ0n) is 15.4. The van der Waals surface area contributed by atoms with E-state index >= 15 is 0 Å². The van der Waals surface area contributed by atoms with Gasteiger partial charge in [-0.2, -0.15) is 0 Å². The van der Waals surface area contributed by atoms with Crippen LogP contribution in [-0.4, -0.2) is 43.2 Å². The van der Waals surface area contributed by atoms with Crippen LogP contribution in [0.25, 0.3) is 0 Å². The summed E-state index contributed by atoms with van der Waals surface area (Å²) >= 11 is 0. The zero-order chi connectivity index (χ0) is 16.8. The van der Waals surface area contributed by atoms with Gasteiger partial charge in [-0.15, -0.1) is 0 Å². The molecule has 2 heterocycles. The maximum absolute atomic E-state index is 6.15. The summed E-state index contributed by atoms with van der Waals surface area (Å²) in [4.78, 5) is 0. The van der Waals surface area contributed by atoms with Crippen LogP contribution >= 0.6 is 0 Å². The van der Waals surface area contributed by atoms with E-state index in [4.69, 9.17) is 18.9 Å². The lowest BCUT2D eigenvalue weighted by atomic mass is 9.69. The quantitative estimate of drug-likeness (QED) is 0.699. The molecule has 1 saturated carbocycles. The monoisotopic (exact) mass is 324 g/mol. The van der Waals surface area contributed by atoms with E-state index in [1.54, 1.807) is 7.11 Å². The molecule has 4 nitrogen and oxygen atoms in total. The highest BCUT2D eigenvalue weighted by Gasteiger charge is 2.71. The molecule has 0 aromatic carbocycles. The normalized spacial score (nSPS) is 44.2. The third-order valence-electron chi connectivity index (χ3n) is 5.49. The molecule has 23 heavy (non-hydrogen) atoms. The molecule has 0 amide bonds. The summed E-state index contributed by atoms with van der Waals surface area (Å²) < 4.78 is 24.1. The zero-order valence-corrected chi connectivity index (χ0v) is 15.4. The molecular formula is C19H32O4. The number of hydrogen-bond donors (Lipinski definition) is 0. The van der Waals surface area contributed by atoms with Gasteiger partial charge in [0.1, 0.15) is 11.4 Å². The molecule has 3 fully saturated rings. The first-order valence-electron chi connectivity index (χ1n) is 9.04. The average Bonchev–Trinajstić information content (AvgIpc) is 3.37. The lowest BCUT2D eigenvalue weighted by Gasteiger charge is -2.42. The van der Waals surface area contributed by atoms with Crippen molar-refractivity contribution in [2.24, 2.45) is 11.8 Å². The first-order valence-corrected chi connectivity index (χ1v) is 9.04. The first-order chi connectivity index (χ1) is 10.8. The Bertz CT molecular complexity index is 466. The highest BCUT2D eigenvalue weighted by atomic mass is 16.6. The van der Waals surface area contributed by atoms with Crippen LogP contribution in [0.2, 0.25) is 0 Å². The molecule has 1 aliphatic carbocycles. The Balaban J connectivity index is 1.81. The van der Waals surface area contributed by atoms with Crippen LogP contribution in [-0.2, 0) is 18.9 Å². The predicted molar refractivity (Wildman–Crippen MR) is 89.2 cm³/mol. The summed E-state index contributed by atoms with van der Waals surface area (Å²) in [5.41, 5.74) is -0.329. The molecule has 2 saturated heterocycles. The minimum Gasteiger partial charge on any atom is -0.480 e. The fourth-order valence-corrected chi connectivity index (χ4v) is 4.24. The fraction of sp³-hybridized carbons (Fsp3) is 0.895. The number of allylic oxidation sites excluding steroid dienone is 1. The number of methoxy groups -OCH3 is 1. The third-order valence-corrected chi connectivity index (χ3v) is 5.49. The van der Waals surface area contributed by atoms with Gasteiger partial charge in [0, 0.05) is 7.11 Å². The van der Waals surface area contributed by atoms with Gasteiger partial charge in [0.15, 0.2) is 5.60 Å². The van der Waals surface area contributed by atoms with Gasteiger partial charge in [0.25, 0.3) is 0 Å². The van der Waals surface area contributed by atoms with Crippen molar-refractivity contribution in [3.8, 4) is 0 Å². The fourth-order valence-electron chi connectivity index (χ4n) is 4.24. The molecule has 3 unspecified atom stereocenters. The maximum atomic E-state index is 6.15. The summed E-state index contributed by atoms with van der Waals surface area (Å²) in [6.07, 6.45) is 5.67. The summed E-state index contributed by atoms with van der Waals surface area (Å²) in [6.45, 7) is 11.6. The van der Waals surface area contributed by atoms with Crippen LogP contribution in [0.1, 0.15) is 53.9 Å². The van der Waals surface area contributed by atoms with Gasteiger partial charge >= 0.3 is 0 Å². The van der Waals surface area contributed by atoms with Crippen molar-refractivity contribution in [1.82, 2.24) is 0 Å². The first kappa shape index (κ1) is 17.2. The predicted octanol–water partition coefficient (Wildman–Crippen LogP) is 3.69. The summed E-state index contributed by atoms with van der Waals surface area (Å²) in [5.74, 6) is 1.96. The molecule has 5 atom stereocenters. The molecule has 2 aliphatic heterocycles. The molecule has 0 bridgehead atoms.